The average molecular weight is 297 g/mol. The van der Waals surface area contributed by atoms with Gasteiger partial charge in [-0.1, -0.05) is 12.1 Å². The van der Waals surface area contributed by atoms with E-state index in [-0.39, 0.29) is 0 Å². The van der Waals surface area contributed by atoms with E-state index < -0.39 is 5.97 Å². The molecular formula is C17H15NO4. The molecule has 0 heterocycles. The summed E-state index contributed by atoms with van der Waals surface area (Å²) in [6.45, 7) is 0. The Labute approximate surface area is 128 Å². The zero-order chi connectivity index (χ0) is 15.9. The molecule has 0 aromatic heterocycles. The van der Waals surface area contributed by atoms with Crippen LogP contribution in [0, 0.1) is 11.3 Å². The molecule has 2 aromatic carbocycles. The Morgan fingerprint density at radius 3 is 2.09 bits per heavy atom. The van der Waals surface area contributed by atoms with Crippen LogP contribution in [-0.4, -0.2) is 20.2 Å². The lowest BCUT2D eigenvalue weighted by molar-refractivity contribution is 0.0734. The van der Waals surface area contributed by atoms with E-state index in [1.165, 1.54) is 14.2 Å². The number of esters is 1. The van der Waals surface area contributed by atoms with Crippen molar-refractivity contribution in [1.82, 2.24) is 0 Å². The maximum Gasteiger partial charge on any atom is 0.343 e. The van der Waals surface area contributed by atoms with Gasteiger partial charge in [0.25, 0.3) is 0 Å². The molecule has 0 aliphatic carbocycles. The summed E-state index contributed by atoms with van der Waals surface area (Å²) in [5.74, 6) is 0.921. The van der Waals surface area contributed by atoms with Gasteiger partial charge in [-0.3, -0.25) is 0 Å². The summed E-state index contributed by atoms with van der Waals surface area (Å²) in [6, 6.07) is 13.7. The zero-order valence-corrected chi connectivity index (χ0v) is 12.3. The van der Waals surface area contributed by atoms with E-state index in [9.17, 15) is 4.79 Å². The van der Waals surface area contributed by atoms with E-state index >= 15 is 0 Å². The van der Waals surface area contributed by atoms with Gasteiger partial charge >= 0.3 is 5.97 Å². The number of nitriles is 1. The second-order valence-corrected chi connectivity index (χ2v) is 4.47. The van der Waals surface area contributed by atoms with Crippen molar-refractivity contribution < 1.29 is 19.0 Å². The van der Waals surface area contributed by atoms with Gasteiger partial charge in [0.05, 0.1) is 32.3 Å². The Morgan fingerprint density at radius 2 is 1.59 bits per heavy atom. The van der Waals surface area contributed by atoms with Gasteiger partial charge < -0.3 is 14.2 Å². The van der Waals surface area contributed by atoms with Crippen molar-refractivity contribution in [3.05, 3.63) is 53.6 Å². The van der Waals surface area contributed by atoms with E-state index in [0.717, 1.165) is 5.56 Å². The first-order valence-electron chi connectivity index (χ1n) is 6.57. The van der Waals surface area contributed by atoms with Crippen molar-refractivity contribution in [1.29, 1.82) is 5.26 Å². The van der Waals surface area contributed by atoms with Gasteiger partial charge in [0.1, 0.15) is 17.2 Å². The minimum atomic E-state index is -0.509. The number of hydrogen-bond acceptors (Lipinski definition) is 5. The predicted molar refractivity (Wildman–Crippen MR) is 80.3 cm³/mol. The third kappa shape index (κ3) is 3.76. The molecule has 0 unspecified atom stereocenters. The normalized spacial score (nSPS) is 9.68. The second kappa shape index (κ2) is 7.14. The second-order valence-electron chi connectivity index (χ2n) is 4.47. The van der Waals surface area contributed by atoms with Crippen LogP contribution in [0.15, 0.2) is 42.5 Å². The SMILES string of the molecule is COc1cc(OC)cc(C(=O)Oc2ccc(CC#N)cc2)c1. The van der Waals surface area contributed by atoms with Crippen LogP contribution < -0.4 is 14.2 Å². The first-order chi connectivity index (χ1) is 10.7. The molecule has 112 valence electrons. The molecule has 2 aromatic rings. The summed E-state index contributed by atoms with van der Waals surface area (Å²) in [4.78, 5) is 12.2. The summed E-state index contributed by atoms with van der Waals surface area (Å²) in [5.41, 5.74) is 1.20. The number of nitrogens with zero attached hydrogens (tertiary/aromatic N) is 1. The van der Waals surface area contributed by atoms with Gasteiger partial charge in [0.2, 0.25) is 0 Å². The molecule has 5 heteroatoms. The summed E-state index contributed by atoms with van der Waals surface area (Å²) in [5, 5.41) is 8.62. The first kappa shape index (κ1) is 15.4. The zero-order valence-electron chi connectivity index (χ0n) is 12.3. The number of benzene rings is 2. The van der Waals surface area contributed by atoms with E-state index in [4.69, 9.17) is 19.5 Å². The number of rotatable bonds is 5. The maximum absolute atomic E-state index is 12.2. The summed E-state index contributed by atoms with van der Waals surface area (Å²) in [6.07, 6.45) is 0.321. The fourth-order valence-electron chi connectivity index (χ4n) is 1.86. The predicted octanol–water partition coefficient (Wildman–Crippen LogP) is 2.99. The quantitative estimate of drug-likeness (QED) is 0.627. The van der Waals surface area contributed by atoms with Crippen LogP contribution in [0.3, 0.4) is 0 Å². The van der Waals surface area contributed by atoms with E-state index in [0.29, 0.717) is 29.2 Å². The number of hydrogen-bond donors (Lipinski definition) is 0. The highest BCUT2D eigenvalue weighted by atomic mass is 16.5. The Hall–Kier alpha value is -3.00. The molecule has 0 saturated heterocycles. The summed E-state index contributed by atoms with van der Waals surface area (Å²) in [7, 11) is 3.02. The van der Waals surface area contributed by atoms with Gasteiger partial charge in [-0.25, -0.2) is 4.79 Å². The Bertz CT molecular complexity index is 679. The van der Waals surface area contributed by atoms with Crippen LogP contribution in [0.2, 0.25) is 0 Å². The number of carbonyl (C=O) groups excluding carboxylic acids is 1. The van der Waals surface area contributed by atoms with E-state index in [1.54, 1.807) is 42.5 Å². The molecule has 0 spiro atoms. The molecule has 0 N–H and O–H groups in total. The van der Waals surface area contributed by atoms with Gasteiger partial charge in [-0.15, -0.1) is 0 Å². The van der Waals surface area contributed by atoms with Crippen molar-refractivity contribution in [2.45, 2.75) is 6.42 Å². The lowest BCUT2D eigenvalue weighted by Gasteiger charge is -2.08. The fraction of sp³-hybridized carbons (Fsp3) is 0.176. The maximum atomic E-state index is 12.2. The standard InChI is InChI=1S/C17H15NO4/c1-20-15-9-13(10-16(11-15)21-2)17(19)22-14-5-3-12(4-6-14)7-8-18/h3-6,9-11H,7H2,1-2H3. The highest BCUT2D eigenvalue weighted by Crippen LogP contribution is 2.23. The largest absolute Gasteiger partial charge is 0.497 e. The van der Waals surface area contributed by atoms with Crippen LogP contribution in [0.25, 0.3) is 0 Å². The average Bonchev–Trinajstić information content (AvgIpc) is 2.56. The van der Waals surface area contributed by atoms with Crippen LogP contribution in [0.5, 0.6) is 17.2 Å². The molecule has 0 amide bonds. The smallest absolute Gasteiger partial charge is 0.343 e. The van der Waals surface area contributed by atoms with Crippen molar-refractivity contribution in [2.24, 2.45) is 0 Å². The van der Waals surface area contributed by atoms with Crippen LogP contribution in [0.4, 0.5) is 0 Å². The van der Waals surface area contributed by atoms with E-state index in [1.807, 2.05) is 0 Å². The highest BCUT2D eigenvalue weighted by molar-refractivity contribution is 5.92. The van der Waals surface area contributed by atoms with E-state index in [2.05, 4.69) is 6.07 Å². The van der Waals surface area contributed by atoms with Crippen LogP contribution in [0.1, 0.15) is 15.9 Å². The topological polar surface area (TPSA) is 68.6 Å². The van der Waals surface area contributed by atoms with Crippen LogP contribution in [-0.2, 0) is 6.42 Å². The number of ether oxygens (including phenoxy) is 3. The lowest BCUT2D eigenvalue weighted by atomic mass is 10.1. The molecule has 2 rings (SSSR count). The molecule has 22 heavy (non-hydrogen) atoms. The molecular weight excluding hydrogens is 282 g/mol. The van der Waals surface area contributed by atoms with Gasteiger partial charge in [-0.05, 0) is 29.8 Å². The third-order valence-electron chi connectivity index (χ3n) is 3.00. The van der Waals surface area contributed by atoms with Gasteiger partial charge in [0.15, 0.2) is 0 Å². The Morgan fingerprint density at radius 1 is 1.00 bits per heavy atom. The minimum Gasteiger partial charge on any atom is -0.497 e. The minimum absolute atomic E-state index is 0.321. The number of methoxy groups -OCH3 is 2. The molecule has 0 fully saturated rings. The Kier molecular flexibility index (Phi) is 4.99. The monoisotopic (exact) mass is 297 g/mol. The molecule has 0 bridgehead atoms. The van der Waals surface area contributed by atoms with Gasteiger partial charge in [0, 0.05) is 6.07 Å². The van der Waals surface area contributed by atoms with Crippen LogP contribution >= 0.6 is 0 Å². The van der Waals surface area contributed by atoms with Crippen molar-refractivity contribution in [3.63, 3.8) is 0 Å². The third-order valence-corrected chi connectivity index (χ3v) is 3.00. The van der Waals surface area contributed by atoms with Gasteiger partial charge in [-0.2, -0.15) is 5.26 Å². The lowest BCUT2D eigenvalue weighted by Crippen LogP contribution is -2.09. The Balaban J connectivity index is 2.16. The molecule has 5 nitrogen and oxygen atoms in total. The van der Waals surface area contributed by atoms with Crippen molar-refractivity contribution >= 4 is 5.97 Å². The molecule has 0 saturated carbocycles. The molecule has 0 aliphatic heterocycles. The molecule has 0 aliphatic rings. The first-order valence-corrected chi connectivity index (χ1v) is 6.57. The van der Waals surface area contributed by atoms with Crippen molar-refractivity contribution in [2.75, 3.05) is 14.2 Å². The molecule has 0 radical (unpaired) electrons. The van der Waals surface area contributed by atoms with Crippen molar-refractivity contribution in [3.8, 4) is 23.3 Å². The number of carbonyl (C=O) groups is 1. The fourth-order valence-corrected chi connectivity index (χ4v) is 1.86. The highest BCUT2D eigenvalue weighted by Gasteiger charge is 2.12. The summed E-state index contributed by atoms with van der Waals surface area (Å²) < 4.78 is 15.5. The molecule has 0 atom stereocenters. The summed E-state index contributed by atoms with van der Waals surface area (Å²) >= 11 is 0.